The first-order valence-corrected chi connectivity index (χ1v) is 8.23. The normalized spacial score (nSPS) is 17.0. The van der Waals surface area contributed by atoms with Crippen LogP contribution in [-0.4, -0.2) is 28.7 Å². The molecule has 1 heterocycles. The third-order valence-corrected chi connectivity index (χ3v) is 4.55. The lowest BCUT2D eigenvalue weighted by Gasteiger charge is -2.33. The second-order valence-corrected chi connectivity index (χ2v) is 6.20. The van der Waals surface area contributed by atoms with E-state index in [0.29, 0.717) is 6.04 Å². The molecule has 2 rings (SSSR count). The van der Waals surface area contributed by atoms with Gasteiger partial charge in [0, 0.05) is 17.9 Å². The molecule has 1 amide bonds. The van der Waals surface area contributed by atoms with Gasteiger partial charge in [0.15, 0.2) is 0 Å². The molecule has 94 valence electrons. The molecule has 1 aromatic rings. The SMILES string of the molecule is O=C(c1cccs1)N(CCBr)C1CCCCC1. The Labute approximate surface area is 115 Å². The van der Waals surface area contributed by atoms with Crippen LogP contribution in [-0.2, 0) is 0 Å². The summed E-state index contributed by atoms with van der Waals surface area (Å²) in [6, 6.07) is 4.33. The third-order valence-electron chi connectivity index (χ3n) is 3.33. The minimum absolute atomic E-state index is 0.214. The summed E-state index contributed by atoms with van der Waals surface area (Å²) < 4.78 is 0. The average Bonchev–Trinajstić information content (AvgIpc) is 2.90. The average molecular weight is 316 g/mol. The van der Waals surface area contributed by atoms with Crippen molar-refractivity contribution in [3.8, 4) is 0 Å². The van der Waals surface area contributed by atoms with E-state index >= 15 is 0 Å². The number of hydrogen-bond donors (Lipinski definition) is 0. The maximum atomic E-state index is 12.4. The summed E-state index contributed by atoms with van der Waals surface area (Å²) in [5.74, 6) is 0.214. The van der Waals surface area contributed by atoms with E-state index in [2.05, 4.69) is 20.8 Å². The lowest BCUT2D eigenvalue weighted by molar-refractivity contribution is 0.0656. The molecule has 1 aliphatic carbocycles. The van der Waals surface area contributed by atoms with Crippen molar-refractivity contribution < 1.29 is 4.79 Å². The van der Waals surface area contributed by atoms with Crippen molar-refractivity contribution in [1.29, 1.82) is 0 Å². The monoisotopic (exact) mass is 315 g/mol. The molecule has 17 heavy (non-hydrogen) atoms. The van der Waals surface area contributed by atoms with Crippen molar-refractivity contribution in [3.05, 3.63) is 22.4 Å². The minimum atomic E-state index is 0.214. The highest BCUT2D eigenvalue weighted by Crippen LogP contribution is 2.25. The van der Waals surface area contributed by atoms with E-state index in [1.165, 1.54) is 32.1 Å². The van der Waals surface area contributed by atoms with Gasteiger partial charge < -0.3 is 4.90 Å². The summed E-state index contributed by atoms with van der Waals surface area (Å²) in [5, 5.41) is 2.83. The van der Waals surface area contributed by atoms with Crippen LogP contribution in [0.1, 0.15) is 41.8 Å². The zero-order valence-electron chi connectivity index (χ0n) is 9.90. The highest BCUT2D eigenvalue weighted by atomic mass is 79.9. The smallest absolute Gasteiger partial charge is 0.264 e. The molecule has 0 N–H and O–H groups in total. The molecule has 0 saturated heterocycles. The second kappa shape index (κ2) is 6.55. The van der Waals surface area contributed by atoms with Gasteiger partial charge in [-0.1, -0.05) is 41.3 Å². The lowest BCUT2D eigenvalue weighted by Crippen LogP contribution is -2.42. The van der Waals surface area contributed by atoms with E-state index < -0.39 is 0 Å². The zero-order chi connectivity index (χ0) is 12.1. The Kier molecular flexibility index (Phi) is 5.04. The van der Waals surface area contributed by atoms with Gasteiger partial charge in [-0.15, -0.1) is 11.3 Å². The number of rotatable bonds is 4. The Balaban J connectivity index is 2.07. The molecule has 2 nitrogen and oxygen atoms in total. The number of amides is 1. The number of thiophene rings is 1. The molecule has 0 unspecified atom stereocenters. The third kappa shape index (κ3) is 3.32. The number of alkyl halides is 1. The molecule has 1 fully saturated rings. The minimum Gasteiger partial charge on any atom is -0.334 e. The van der Waals surface area contributed by atoms with Gasteiger partial charge in [-0.2, -0.15) is 0 Å². The Morgan fingerprint density at radius 3 is 2.76 bits per heavy atom. The number of hydrogen-bond acceptors (Lipinski definition) is 2. The van der Waals surface area contributed by atoms with Crippen molar-refractivity contribution in [3.63, 3.8) is 0 Å². The number of carbonyl (C=O) groups excluding carboxylic acids is 1. The van der Waals surface area contributed by atoms with Gasteiger partial charge in [-0.3, -0.25) is 4.79 Å². The Bertz CT molecular complexity index is 346. The second-order valence-electron chi connectivity index (χ2n) is 4.46. The maximum absolute atomic E-state index is 12.4. The fourth-order valence-electron chi connectivity index (χ4n) is 2.48. The van der Waals surface area contributed by atoms with Gasteiger partial charge in [0.2, 0.25) is 0 Å². The van der Waals surface area contributed by atoms with E-state index in [4.69, 9.17) is 0 Å². The molecule has 4 heteroatoms. The summed E-state index contributed by atoms with van der Waals surface area (Å²) in [7, 11) is 0. The topological polar surface area (TPSA) is 20.3 Å². The largest absolute Gasteiger partial charge is 0.334 e. The highest BCUT2D eigenvalue weighted by molar-refractivity contribution is 9.09. The molecule has 0 radical (unpaired) electrons. The molecule has 0 aliphatic heterocycles. The molecule has 1 saturated carbocycles. The van der Waals surface area contributed by atoms with Crippen LogP contribution in [0.2, 0.25) is 0 Å². The van der Waals surface area contributed by atoms with E-state index in [1.807, 2.05) is 17.5 Å². The fourth-order valence-corrected chi connectivity index (χ4v) is 3.54. The van der Waals surface area contributed by atoms with Crippen molar-refractivity contribution in [2.75, 3.05) is 11.9 Å². The molecule has 0 bridgehead atoms. The molecule has 0 atom stereocenters. The summed E-state index contributed by atoms with van der Waals surface area (Å²) in [4.78, 5) is 15.4. The molecule has 1 aromatic heterocycles. The quantitative estimate of drug-likeness (QED) is 0.771. The molecule has 1 aliphatic rings. The summed E-state index contributed by atoms with van der Waals surface area (Å²) in [5.41, 5.74) is 0. The Morgan fingerprint density at radius 1 is 1.41 bits per heavy atom. The predicted molar refractivity (Wildman–Crippen MR) is 76.0 cm³/mol. The van der Waals surface area contributed by atoms with E-state index in [9.17, 15) is 4.79 Å². The van der Waals surface area contributed by atoms with Crippen LogP contribution in [0, 0.1) is 0 Å². The standard InChI is InChI=1S/C13H18BrNOS/c14-8-9-15(11-5-2-1-3-6-11)13(16)12-7-4-10-17-12/h4,7,10-11H,1-3,5-6,8-9H2. The van der Waals surface area contributed by atoms with Crippen molar-refractivity contribution in [2.24, 2.45) is 0 Å². The highest BCUT2D eigenvalue weighted by Gasteiger charge is 2.25. The number of halogens is 1. The van der Waals surface area contributed by atoms with Crippen LogP contribution in [0.15, 0.2) is 17.5 Å². The van der Waals surface area contributed by atoms with E-state index in [1.54, 1.807) is 11.3 Å². The zero-order valence-corrected chi connectivity index (χ0v) is 12.3. The van der Waals surface area contributed by atoms with E-state index in [-0.39, 0.29) is 5.91 Å². The van der Waals surface area contributed by atoms with Crippen LogP contribution >= 0.6 is 27.3 Å². The predicted octanol–water partition coefficient (Wildman–Crippen LogP) is 3.92. The Morgan fingerprint density at radius 2 is 2.18 bits per heavy atom. The first-order valence-electron chi connectivity index (χ1n) is 6.23. The summed E-state index contributed by atoms with van der Waals surface area (Å²) >= 11 is 5.00. The van der Waals surface area contributed by atoms with Gasteiger partial charge in [-0.25, -0.2) is 0 Å². The molecule has 0 aromatic carbocycles. The first kappa shape index (κ1) is 13.1. The Hall–Kier alpha value is -0.350. The van der Waals surface area contributed by atoms with Crippen LogP contribution < -0.4 is 0 Å². The molecular weight excluding hydrogens is 298 g/mol. The van der Waals surface area contributed by atoms with Gasteiger partial charge >= 0.3 is 0 Å². The maximum Gasteiger partial charge on any atom is 0.264 e. The van der Waals surface area contributed by atoms with Gasteiger partial charge in [-0.05, 0) is 24.3 Å². The summed E-state index contributed by atoms with van der Waals surface area (Å²) in [6.45, 7) is 0.821. The lowest BCUT2D eigenvalue weighted by atomic mass is 9.94. The van der Waals surface area contributed by atoms with Crippen LogP contribution in [0.4, 0.5) is 0 Å². The summed E-state index contributed by atoms with van der Waals surface area (Å²) in [6.07, 6.45) is 6.20. The van der Waals surface area contributed by atoms with Crippen LogP contribution in [0.3, 0.4) is 0 Å². The van der Waals surface area contributed by atoms with E-state index in [0.717, 1.165) is 16.8 Å². The first-order chi connectivity index (χ1) is 8.33. The number of carbonyl (C=O) groups is 1. The van der Waals surface area contributed by atoms with Crippen molar-refractivity contribution in [2.45, 2.75) is 38.1 Å². The van der Waals surface area contributed by atoms with Crippen molar-refractivity contribution >= 4 is 33.2 Å². The van der Waals surface area contributed by atoms with Crippen molar-refractivity contribution in [1.82, 2.24) is 4.90 Å². The van der Waals surface area contributed by atoms with Crippen LogP contribution in [0.25, 0.3) is 0 Å². The molecule has 0 spiro atoms. The van der Waals surface area contributed by atoms with Gasteiger partial charge in [0.05, 0.1) is 4.88 Å². The molecular formula is C13H18BrNOS. The van der Waals surface area contributed by atoms with Crippen LogP contribution in [0.5, 0.6) is 0 Å². The fraction of sp³-hybridized carbons (Fsp3) is 0.615. The number of nitrogens with zero attached hydrogens (tertiary/aromatic N) is 1. The van der Waals surface area contributed by atoms with Gasteiger partial charge in [0.25, 0.3) is 5.91 Å². The van der Waals surface area contributed by atoms with Gasteiger partial charge in [0.1, 0.15) is 0 Å².